The van der Waals surface area contributed by atoms with Crippen molar-refractivity contribution in [2.45, 2.75) is 12.8 Å². The van der Waals surface area contributed by atoms with Crippen molar-refractivity contribution in [1.82, 2.24) is 20.2 Å². The van der Waals surface area contributed by atoms with E-state index in [-0.39, 0.29) is 17.7 Å². The summed E-state index contributed by atoms with van der Waals surface area (Å²) in [5, 5.41) is 3.39. The molecule has 1 aliphatic rings. The van der Waals surface area contributed by atoms with Gasteiger partial charge in [0.15, 0.2) is 0 Å². The third-order valence-corrected chi connectivity index (χ3v) is 5.53. The summed E-state index contributed by atoms with van der Waals surface area (Å²) >= 11 is 6.10. The van der Waals surface area contributed by atoms with E-state index in [1.165, 1.54) is 0 Å². The lowest BCUT2D eigenvalue weighted by Crippen LogP contribution is -2.43. The van der Waals surface area contributed by atoms with Crippen LogP contribution in [0.3, 0.4) is 0 Å². The molecule has 1 saturated heterocycles. The van der Waals surface area contributed by atoms with Crippen molar-refractivity contribution in [1.29, 1.82) is 0 Å². The topological polar surface area (TPSA) is 75.2 Å². The first-order chi connectivity index (χ1) is 14.1. The number of likely N-dealkylation sites (tertiary alicyclic amines) is 1. The van der Waals surface area contributed by atoms with Crippen LogP contribution in [0.2, 0.25) is 5.02 Å². The van der Waals surface area contributed by atoms with E-state index in [0.29, 0.717) is 46.8 Å². The summed E-state index contributed by atoms with van der Waals surface area (Å²) in [7, 11) is 0. The SMILES string of the molecule is O=C(NC[C@@H]1CCCN(C(=O)c2cccc3nccnc23)C1)c1ccccc1Cl. The number of amides is 2. The summed E-state index contributed by atoms with van der Waals surface area (Å²) in [5.74, 6) is -0.0400. The van der Waals surface area contributed by atoms with E-state index in [9.17, 15) is 9.59 Å². The molecule has 1 aliphatic heterocycles. The number of piperidine rings is 1. The molecule has 7 heteroatoms. The molecule has 1 fully saturated rings. The van der Waals surface area contributed by atoms with Gasteiger partial charge in [0.05, 0.1) is 21.7 Å². The number of fused-ring (bicyclic) bond motifs is 1. The zero-order chi connectivity index (χ0) is 20.2. The molecule has 0 bridgehead atoms. The normalized spacial score (nSPS) is 16.6. The molecule has 2 amide bonds. The zero-order valence-corrected chi connectivity index (χ0v) is 16.6. The lowest BCUT2D eigenvalue weighted by Gasteiger charge is -2.33. The van der Waals surface area contributed by atoms with E-state index in [1.54, 1.807) is 42.7 Å². The minimum atomic E-state index is -0.191. The lowest BCUT2D eigenvalue weighted by atomic mass is 9.97. The van der Waals surface area contributed by atoms with E-state index in [0.717, 1.165) is 12.8 Å². The molecule has 6 nitrogen and oxygen atoms in total. The Hall–Kier alpha value is -2.99. The van der Waals surface area contributed by atoms with Gasteiger partial charge in [-0.1, -0.05) is 29.8 Å². The van der Waals surface area contributed by atoms with Gasteiger partial charge in [-0.25, -0.2) is 0 Å². The van der Waals surface area contributed by atoms with Gasteiger partial charge in [0.2, 0.25) is 0 Å². The highest BCUT2D eigenvalue weighted by atomic mass is 35.5. The van der Waals surface area contributed by atoms with Crippen LogP contribution in [0.5, 0.6) is 0 Å². The van der Waals surface area contributed by atoms with Crippen LogP contribution in [-0.4, -0.2) is 46.3 Å². The number of aromatic nitrogens is 2. The largest absolute Gasteiger partial charge is 0.352 e. The summed E-state index contributed by atoms with van der Waals surface area (Å²) in [6.07, 6.45) is 5.08. The number of hydrogen-bond acceptors (Lipinski definition) is 4. The van der Waals surface area contributed by atoms with Gasteiger partial charge >= 0.3 is 0 Å². The molecular weight excluding hydrogens is 388 g/mol. The van der Waals surface area contributed by atoms with Crippen molar-refractivity contribution in [2.75, 3.05) is 19.6 Å². The van der Waals surface area contributed by atoms with Crippen molar-refractivity contribution < 1.29 is 9.59 Å². The van der Waals surface area contributed by atoms with Gasteiger partial charge in [-0.15, -0.1) is 0 Å². The molecule has 1 aromatic heterocycles. The molecule has 0 radical (unpaired) electrons. The van der Waals surface area contributed by atoms with Gasteiger partial charge < -0.3 is 10.2 Å². The molecule has 3 aromatic rings. The quantitative estimate of drug-likeness (QED) is 0.716. The van der Waals surface area contributed by atoms with Crippen LogP contribution >= 0.6 is 11.6 Å². The Labute approximate surface area is 173 Å². The first-order valence-corrected chi connectivity index (χ1v) is 10.0. The molecule has 29 heavy (non-hydrogen) atoms. The molecule has 1 atom stereocenters. The highest BCUT2D eigenvalue weighted by Crippen LogP contribution is 2.22. The number of benzene rings is 2. The Bertz CT molecular complexity index is 1050. The van der Waals surface area contributed by atoms with Crippen molar-refractivity contribution in [3.05, 3.63) is 71.0 Å². The minimum absolute atomic E-state index is 0.0433. The summed E-state index contributed by atoms with van der Waals surface area (Å²) in [6.45, 7) is 1.80. The molecule has 2 heterocycles. The monoisotopic (exact) mass is 408 g/mol. The van der Waals surface area contributed by atoms with Gasteiger partial charge in [0.25, 0.3) is 11.8 Å². The Morgan fingerprint density at radius 1 is 1.07 bits per heavy atom. The average molecular weight is 409 g/mol. The van der Waals surface area contributed by atoms with Gasteiger partial charge in [-0.05, 0) is 43.0 Å². The second-order valence-corrected chi connectivity index (χ2v) is 7.59. The Morgan fingerprint density at radius 2 is 1.86 bits per heavy atom. The Morgan fingerprint density at radius 3 is 2.72 bits per heavy atom. The van der Waals surface area contributed by atoms with E-state index in [4.69, 9.17) is 11.6 Å². The molecule has 0 saturated carbocycles. The number of nitrogens with zero attached hydrogens (tertiary/aromatic N) is 3. The van der Waals surface area contributed by atoms with Crippen molar-refractivity contribution >= 4 is 34.4 Å². The van der Waals surface area contributed by atoms with Gasteiger partial charge in [-0.2, -0.15) is 0 Å². The third-order valence-electron chi connectivity index (χ3n) is 5.21. The predicted molar refractivity (Wildman–Crippen MR) is 112 cm³/mol. The summed E-state index contributed by atoms with van der Waals surface area (Å²) in [5.41, 5.74) is 2.36. The van der Waals surface area contributed by atoms with Gasteiger partial charge in [0.1, 0.15) is 5.52 Å². The van der Waals surface area contributed by atoms with E-state index >= 15 is 0 Å². The molecule has 4 rings (SSSR count). The Balaban J connectivity index is 1.42. The maximum absolute atomic E-state index is 13.1. The fraction of sp³-hybridized carbons (Fsp3) is 0.273. The second-order valence-electron chi connectivity index (χ2n) is 7.18. The van der Waals surface area contributed by atoms with Crippen LogP contribution < -0.4 is 5.32 Å². The van der Waals surface area contributed by atoms with Crippen LogP contribution in [0.1, 0.15) is 33.6 Å². The van der Waals surface area contributed by atoms with E-state index in [2.05, 4.69) is 15.3 Å². The fourth-order valence-corrected chi connectivity index (χ4v) is 3.95. The number of carbonyl (C=O) groups is 2. The van der Waals surface area contributed by atoms with Crippen LogP contribution in [0.25, 0.3) is 11.0 Å². The number of halogens is 1. The average Bonchev–Trinajstić information content (AvgIpc) is 2.77. The van der Waals surface area contributed by atoms with Crippen molar-refractivity contribution in [3.8, 4) is 0 Å². The zero-order valence-electron chi connectivity index (χ0n) is 15.8. The maximum Gasteiger partial charge on any atom is 0.256 e. The molecule has 1 N–H and O–H groups in total. The number of hydrogen-bond donors (Lipinski definition) is 1. The minimum Gasteiger partial charge on any atom is -0.352 e. The summed E-state index contributed by atoms with van der Waals surface area (Å²) in [4.78, 5) is 36.0. The van der Waals surface area contributed by atoms with Gasteiger partial charge in [0, 0.05) is 32.0 Å². The fourth-order valence-electron chi connectivity index (χ4n) is 3.73. The predicted octanol–water partition coefficient (Wildman–Crippen LogP) is 3.57. The van der Waals surface area contributed by atoms with Crippen LogP contribution in [0.15, 0.2) is 54.9 Å². The Kier molecular flexibility index (Phi) is 5.71. The number of nitrogens with one attached hydrogen (secondary N) is 1. The lowest BCUT2D eigenvalue weighted by molar-refractivity contribution is 0.0672. The highest BCUT2D eigenvalue weighted by Gasteiger charge is 2.26. The number of carbonyl (C=O) groups excluding carboxylic acids is 2. The first kappa shape index (κ1) is 19.3. The third kappa shape index (κ3) is 4.22. The number of rotatable bonds is 4. The molecule has 0 aliphatic carbocycles. The van der Waals surface area contributed by atoms with E-state index in [1.807, 2.05) is 17.0 Å². The van der Waals surface area contributed by atoms with Crippen LogP contribution in [-0.2, 0) is 0 Å². The van der Waals surface area contributed by atoms with Crippen molar-refractivity contribution in [2.24, 2.45) is 5.92 Å². The summed E-state index contributed by atoms with van der Waals surface area (Å²) in [6, 6.07) is 12.5. The van der Waals surface area contributed by atoms with Crippen molar-refractivity contribution in [3.63, 3.8) is 0 Å². The smallest absolute Gasteiger partial charge is 0.256 e. The molecule has 2 aromatic carbocycles. The number of para-hydroxylation sites is 1. The van der Waals surface area contributed by atoms with Gasteiger partial charge in [-0.3, -0.25) is 19.6 Å². The molecule has 148 valence electrons. The maximum atomic E-state index is 13.1. The van der Waals surface area contributed by atoms with E-state index < -0.39 is 0 Å². The second kappa shape index (κ2) is 8.57. The van der Waals surface area contributed by atoms with Crippen LogP contribution in [0.4, 0.5) is 0 Å². The molecule has 0 spiro atoms. The molecule has 0 unspecified atom stereocenters. The highest BCUT2D eigenvalue weighted by molar-refractivity contribution is 6.33. The van der Waals surface area contributed by atoms with Crippen LogP contribution in [0, 0.1) is 5.92 Å². The summed E-state index contributed by atoms with van der Waals surface area (Å²) < 4.78 is 0. The first-order valence-electron chi connectivity index (χ1n) is 9.65. The molecular formula is C22H21ClN4O2. The standard InChI is InChI=1S/C22H21ClN4O2/c23-18-8-2-1-6-16(18)21(28)26-13-15-5-4-12-27(14-15)22(29)17-7-3-9-19-20(17)25-11-10-24-19/h1-3,6-11,15H,4-5,12-14H2,(H,26,28)/t15-/m0/s1.